The van der Waals surface area contributed by atoms with Gasteiger partial charge in [0.2, 0.25) is 0 Å². The monoisotopic (exact) mass is 480 g/mol. The summed E-state index contributed by atoms with van der Waals surface area (Å²) in [6, 6.07) is 14.7. The van der Waals surface area contributed by atoms with Crippen LogP contribution in [0.3, 0.4) is 0 Å². The zero-order valence-corrected chi connectivity index (χ0v) is 20.0. The molecule has 0 saturated carbocycles. The number of hydrogen-bond donors (Lipinski definition) is 0. The van der Waals surface area contributed by atoms with Crippen LogP contribution in [0.4, 0.5) is 5.82 Å². The molecule has 2 aromatic carbocycles. The van der Waals surface area contributed by atoms with Gasteiger partial charge in [-0.1, -0.05) is 36.4 Å². The van der Waals surface area contributed by atoms with Crippen LogP contribution >= 0.6 is 0 Å². The number of aryl methyl sites for hydroxylation is 1. The smallest absolute Gasteiger partial charge is 0.257 e. The molecule has 1 saturated heterocycles. The zero-order chi connectivity index (χ0) is 24.8. The summed E-state index contributed by atoms with van der Waals surface area (Å²) in [6.07, 6.45) is 3.31. The zero-order valence-electron chi connectivity index (χ0n) is 20.0. The fourth-order valence-corrected chi connectivity index (χ4v) is 4.84. The highest BCUT2D eigenvalue weighted by molar-refractivity contribution is 6.05. The minimum absolute atomic E-state index is 0.126. The minimum atomic E-state index is -0.152. The highest BCUT2D eigenvalue weighted by Gasteiger charge is 2.27. The Hall–Kier alpha value is -4.53. The number of rotatable bonds is 3. The SMILES string of the molecule is Cc1c(-c2ccccc2)oc2c(C(=O)N3CCN(c4ncnc5c4cnn5C)CC3)cccc2c1=O. The minimum Gasteiger partial charge on any atom is -0.455 e. The molecular formula is C27H24N6O3. The number of piperazine rings is 1. The third-order valence-corrected chi connectivity index (χ3v) is 6.79. The Kier molecular flexibility index (Phi) is 5.25. The number of benzene rings is 2. The standard InChI is InChI=1S/C27H24N6O3/c1-17-22(34)19-9-6-10-20(24(19)36-23(17)18-7-4-3-5-8-18)27(35)33-13-11-32(12-14-33)26-21-15-30-31(2)25(21)28-16-29-26/h3-10,15-16H,11-14H2,1-2H3. The highest BCUT2D eigenvalue weighted by Crippen LogP contribution is 2.29. The van der Waals surface area contributed by atoms with Crippen molar-refractivity contribution in [3.8, 4) is 11.3 Å². The number of para-hydroxylation sites is 1. The van der Waals surface area contributed by atoms with Gasteiger partial charge >= 0.3 is 0 Å². The average molecular weight is 481 g/mol. The van der Waals surface area contributed by atoms with E-state index in [1.807, 2.05) is 37.4 Å². The first-order valence-electron chi connectivity index (χ1n) is 11.8. The molecule has 1 aliphatic rings. The Morgan fingerprint density at radius 1 is 0.944 bits per heavy atom. The Morgan fingerprint density at radius 2 is 1.72 bits per heavy atom. The fraction of sp³-hybridized carbons (Fsp3) is 0.222. The average Bonchev–Trinajstić information content (AvgIpc) is 3.31. The van der Waals surface area contributed by atoms with E-state index in [9.17, 15) is 9.59 Å². The van der Waals surface area contributed by atoms with Crippen LogP contribution in [0.15, 0.2) is 70.3 Å². The second-order valence-electron chi connectivity index (χ2n) is 8.92. The summed E-state index contributed by atoms with van der Waals surface area (Å²) in [6.45, 7) is 4.03. The summed E-state index contributed by atoms with van der Waals surface area (Å²) >= 11 is 0. The topological polar surface area (TPSA) is 97.4 Å². The van der Waals surface area contributed by atoms with Crippen LogP contribution < -0.4 is 10.3 Å². The highest BCUT2D eigenvalue weighted by atomic mass is 16.3. The molecule has 0 atom stereocenters. The second kappa shape index (κ2) is 8.60. The number of nitrogens with zero attached hydrogens (tertiary/aromatic N) is 6. The number of fused-ring (bicyclic) bond motifs is 2. The van der Waals surface area contributed by atoms with Crippen LogP contribution in [0, 0.1) is 6.92 Å². The summed E-state index contributed by atoms with van der Waals surface area (Å²) in [5.41, 5.74) is 2.70. The van der Waals surface area contributed by atoms with E-state index in [0.29, 0.717) is 54.0 Å². The molecule has 0 spiro atoms. The van der Waals surface area contributed by atoms with Crippen molar-refractivity contribution in [2.45, 2.75) is 6.92 Å². The molecule has 0 unspecified atom stereocenters. The summed E-state index contributed by atoms with van der Waals surface area (Å²) < 4.78 is 7.98. The van der Waals surface area contributed by atoms with E-state index in [-0.39, 0.29) is 11.3 Å². The first-order valence-corrected chi connectivity index (χ1v) is 11.8. The Morgan fingerprint density at radius 3 is 2.50 bits per heavy atom. The van der Waals surface area contributed by atoms with Crippen molar-refractivity contribution >= 4 is 33.7 Å². The summed E-state index contributed by atoms with van der Waals surface area (Å²) in [7, 11) is 1.85. The van der Waals surface area contributed by atoms with Gasteiger partial charge in [0.05, 0.1) is 22.5 Å². The number of anilines is 1. The van der Waals surface area contributed by atoms with E-state index >= 15 is 0 Å². The van der Waals surface area contributed by atoms with Crippen molar-refractivity contribution < 1.29 is 9.21 Å². The van der Waals surface area contributed by atoms with Gasteiger partial charge in [0.15, 0.2) is 16.7 Å². The van der Waals surface area contributed by atoms with Crippen LogP contribution in [0.5, 0.6) is 0 Å². The fourth-order valence-electron chi connectivity index (χ4n) is 4.84. The molecule has 36 heavy (non-hydrogen) atoms. The molecule has 180 valence electrons. The third-order valence-electron chi connectivity index (χ3n) is 6.79. The second-order valence-corrected chi connectivity index (χ2v) is 8.92. The predicted octanol–water partition coefficient (Wildman–Crippen LogP) is 3.41. The molecule has 9 nitrogen and oxygen atoms in total. The lowest BCUT2D eigenvalue weighted by Crippen LogP contribution is -2.49. The van der Waals surface area contributed by atoms with Crippen molar-refractivity contribution in [1.29, 1.82) is 0 Å². The molecule has 0 radical (unpaired) electrons. The molecule has 1 amide bonds. The van der Waals surface area contributed by atoms with Crippen molar-refractivity contribution in [2.75, 3.05) is 31.1 Å². The Balaban J connectivity index is 1.31. The van der Waals surface area contributed by atoms with Crippen molar-refractivity contribution in [3.63, 3.8) is 0 Å². The first kappa shape index (κ1) is 22.0. The maximum Gasteiger partial charge on any atom is 0.257 e. The van der Waals surface area contributed by atoms with Crippen LogP contribution in [0.1, 0.15) is 15.9 Å². The van der Waals surface area contributed by atoms with Gasteiger partial charge in [0.25, 0.3) is 5.91 Å². The summed E-state index contributed by atoms with van der Waals surface area (Å²) in [5.74, 6) is 1.15. The number of aromatic nitrogens is 4. The van der Waals surface area contributed by atoms with Crippen molar-refractivity contribution in [1.82, 2.24) is 24.6 Å². The molecule has 0 N–H and O–H groups in total. The predicted molar refractivity (Wildman–Crippen MR) is 137 cm³/mol. The summed E-state index contributed by atoms with van der Waals surface area (Å²) in [5, 5.41) is 5.59. The molecule has 0 bridgehead atoms. The van der Waals surface area contributed by atoms with E-state index in [4.69, 9.17) is 4.42 Å². The van der Waals surface area contributed by atoms with Gasteiger partial charge in [-0.15, -0.1) is 0 Å². The van der Waals surface area contributed by atoms with E-state index in [2.05, 4.69) is 20.0 Å². The number of carbonyl (C=O) groups excluding carboxylic acids is 1. The van der Waals surface area contributed by atoms with Crippen molar-refractivity contribution in [2.24, 2.45) is 7.05 Å². The summed E-state index contributed by atoms with van der Waals surface area (Å²) in [4.78, 5) is 39.5. The first-order chi connectivity index (χ1) is 17.5. The molecular weight excluding hydrogens is 456 g/mol. The van der Waals surface area contributed by atoms with Gasteiger partial charge in [-0.25, -0.2) is 9.97 Å². The normalized spacial score (nSPS) is 14.1. The molecule has 0 aliphatic carbocycles. The largest absolute Gasteiger partial charge is 0.455 e. The number of amides is 1. The number of hydrogen-bond acceptors (Lipinski definition) is 7. The lowest BCUT2D eigenvalue weighted by atomic mass is 10.0. The van der Waals surface area contributed by atoms with Gasteiger partial charge in [0.1, 0.15) is 17.9 Å². The van der Waals surface area contributed by atoms with E-state index < -0.39 is 0 Å². The molecule has 1 aliphatic heterocycles. The van der Waals surface area contributed by atoms with Crippen LogP contribution in [-0.4, -0.2) is 56.7 Å². The lowest BCUT2D eigenvalue weighted by molar-refractivity contribution is 0.0747. The van der Waals surface area contributed by atoms with E-state index in [1.165, 1.54) is 0 Å². The van der Waals surface area contributed by atoms with Gasteiger partial charge in [-0.05, 0) is 19.1 Å². The third kappa shape index (κ3) is 3.51. The molecule has 3 aromatic heterocycles. The Bertz CT molecular complexity index is 1670. The quantitative estimate of drug-likeness (QED) is 0.390. The van der Waals surface area contributed by atoms with Gasteiger partial charge in [0, 0.05) is 44.4 Å². The Labute approximate surface area is 206 Å². The maximum atomic E-state index is 13.6. The maximum absolute atomic E-state index is 13.6. The molecule has 9 heteroatoms. The van der Waals surface area contributed by atoms with Gasteiger partial charge in [-0.3, -0.25) is 14.3 Å². The molecule has 6 rings (SSSR count). The van der Waals surface area contributed by atoms with Crippen LogP contribution in [0.2, 0.25) is 0 Å². The van der Waals surface area contributed by atoms with Gasteiger partial charge < -0.3 is 14.2 Å². The van der Waals surface area contributed by atoms with E-state index in [0.717, 1.165) is 22.4 Å². The molecule has 4 heterocycles. The van der Waals surface area contributed by atoms with Crippen molar-refractivity contribution in [3.05, 3.63) is 82.4 Å². The number of carbonyl (C=O) groups is 1. The molecule has 5 aromatic rings. The van der Waals surface area contributed by atoms with E-state index in [1.54, 1.807) is 47.2 Å². The molecule has 1 fully saturated rings. The van der Waals surface area contributed by atoms with Crippen LogP contribution in [-0.2, 0) is 7.05 Å². The van der Waals surface area contributed by atoms with Gasteiger partial charge in [-0.2, -0.15) is 5.10 Å². The lowest BCUT2D eigenvalue weighted by Gasteiger charge is -2.35. The van der Waals surface area contributed by atoms with Crippen LogP contribution in [0.25, 0.3) is 33.3 Å².